The summed E-state index contributed by atoms with van der Waals surface area (Å²) >= 11 is 5.82. The number of nitrogens with one attached hydrogen (secondary N) is 1. The maximum atomic E-state index is 11.5. The highest BCUT2D eigenvalue weighted by molar-refractivity contribution is 6.30. The summed E-state index contributed by atoms with van der Waals surface area (Å²) in [5.74, 6) is 0.862. The molecule has 20 heavy (non-hydrogen) atoms. The normalized spacial score (nSPS) is 10.8. The second-order valence-corrected chi connectivity index (χ2v) is 5.17. The molecule has 0 saturated carbocycles. The van der Waals surface area contributed by atoms with Crippen molar-refractivity contribution in [1.82, 2.24) is 15.5 Å². The number of aryl methyl sites for hydroxylation is 1. The van der Waals surface area contributed by atoms with E-state index >= 15 is 0 Å². The highest BCUT2D eigenvalue weighted by Gasteiger charge is 2.10. The van der Waals surface area contributed by atoms with Crippen LogP contribution in [0.3, 0.4) is 0 Å². The molecule has 0 saturated heterocycles. The second-order valence-electron chi connectivity index (χ2n) is 4.73. The first kappa shape index (κ1) is 14.5. The molecule has 2 aromatic rings. The Balaban J connectivity index is 1.95. The van der Waals surface area contributed by atoms with Crippen LogP contribution in [0, 0.1) is 0 Å². The molecule has 6 heteroatoms. The molecule has 0 unspecified atom stereocenters. The van der Waals surface area contributed by atoms with Gasteiger partial charge in [0.1, 0.15) is 0 Å². The maximum Gasteiger partial charge on any atom is 0.247 e. The van der Waals surface area contributed by atoms with E-state index in [1.807, 2.05) is 26.0 Å². The SMILES string of the molecule is CC(C)NC(=O)CCc1nnc(-c2ccc(Cl)cc2)o1. The Bertz CT molecular complexity index is 578. The van der Waals surface area contributed by atoms with E-state index in [0.29, 0.717) is 29.6 Å². The lowest BCUT2D eigenvalue weighted by molar-refractivity contribution is -0.121. The van der Waals surface area contributed by atoms with Crippen molar-refractivity contribution in [3.05, 3.63) is 35.2 Å². The number of hydrogen-bond donors (Lipinski definition) is 1. The van der Waals surface area contributed by atoms with E-state index in [-0.39, 0.29) is 11.9 Å². The predicted octanol–water partition coefficient (Wildman–Crippen LogP) is 2.85. The van der Waals surface area contributed by atoms with Gasteiger partial charge < -0.3 is 9.73 Å². The molecule has 0 bridgehead atoms. The van der Waals surface area contributed by atoms with Gasteiger partial charge in [-0.3, -0.25) is 4.79 Å². The highest BCUT2D eigenvalue weighted by atomic mass is 35.5. The average molecular weight is 294 g/mol. The lowest BCUT2D eigenvalue weighted by atomic mass is 10.2. The number of carbonyl (C=O) groups excluding carboxylic acids is 1. The van der Waals surface area contributed by atoms with Gasteiger partial charge in [-0.15, -0.1) is 10.2 Å². The van der Waals surface area contributed by atoms with Gasteiger partial charge in [0, 0.05) is 29.5 Å². The molecule has 106 valence electrons. The third-order valence-corrected chi connectivity index (χ3v) is 2.83. The van der Waals surface area contributed by atoms with Gasteiger partial charge in [-0.1, -0.05) is 11.6 Å². The number of benzene rings is 1. The Morgan fingerprint density at radius 1 is 1.30 bits per heavy atom. The van der Waals surface area contributed by atoms with Crippen LogP contribution in [0.4, 0.5) is 0 Å². The lowest BCUT2D eigenvalue weighted by Crippen LogP contribution is -2.30. The molecule has 0 aliphatic rings. The van der Waals surface area contributed by atoms with Crippen LogP contribution in [-0.2, 0) is 11.2 Å². The Morgan fingerprint density at radius 2 is 2.00 bits per heavy atom. The molecule has 0 radical (unpaired) electrons. The molecule has 0 spiro atoms. The summed E-state index contributed by atoms with van der Waals surface area (Å²) < 4.78 is 5.52. The number of carbonyl (C=O) groups is 1. The van der Waals surface area contributed by atoms with Crippen molar-refractivity contribution in [2.24, 2.45) is 0 Å². The first-order valence-electron chi connectivity index (χ1n) is 6.42. The Morgan fingerprint density at radius 3 is 2.65 bits per heavy atom. The van der Waals surface area contributed by atoms with Crippen LogP contribution < -0.4 is 5.32 Å². The van der Waals surface area contributed by atoms with E-state index in [9.17, 15) is 4.79 Å². The summed E-state index contributed by atoms with van der Waals surface area (Å²) in [6, 6.07) is 7.28. The third-order valence-electron chi connectivity index (χ3n) is 2.57. The Labute approximate surface area is 122 Å². The standard InChI is InChI=1S/C14H16ClN3O2/c1-9(2)16-12(19)7-8-13-17-18-14(20-13)10-3-5-11(15)6-4-10/h3-6,9H,7-8H2,1-2H3,(H,16,19). The van der Waals surface area contributed by atoms with Crippen LogP contribution in [0.15, 0.2) is 28.7 Å². The summed E-state index contributed by atoms with van der Waals surface area (Å²) in [5, 5.41) is 11.4. The number of aromatic nitrogens is 2. The van der Waals surface area contributed by atoms with Crippen LogP contribution in [-0.4, -0.2) is 22.1 Å². The quantitative estimate of drug-likeness (QED) is 0.920. The molecule has 0 aliphatic heterocycles. The fraction of sp³-hybridized carbons (Fsp3) is 0.357. The molecule has 5 nitrogen and oxygen atoms in total. The van der Waals surface area contributed by atoms with Crippen LogP contribution in [0.1, 0.15) is 26.2 Å². The van der Waals surface area contributed by atoms with Gasteiger partial charge in [-0.25, -0.2) is 0 Å². The molecule has 1 aromatic heterocycles. The molecule has 1 heterocycles. The fourth-order valence-corrected chi connectivity index (χ4v) is 1.80. The van der Waals surface area contributed by atoms with E-state index in [2.05, 4.69) is 15.5 Å². The molecule has 1 N–H and O–H groups in total. The number of halogens is 1. The highest BCUT2D eigenvalue weighted by Crippen LogP contribution is 2.20. The topological polar surface area (TPSA) is 68.0 Å². The van der Waals surface area contributed by atoms with Crippen molar-refractivity contribution in [2.45, 2.75) is 32.7 Å². The number of rotatable bonds is 5. The molecular weight excluding hydrogens is 278 g/mol. The number of nitrogens with zero attached hydrogens (tertiary/aromatic N) is 2. The van der Waals surface area contributed by atoms with Gasteiger partial charge in [0.05, 0.1) is 0 Å². The molecule has 0 aliphatic carbocycles. The Hall–Kier alpha value is -1.88. The lowest BCUT2D eigenvalue weighted by Gasteiger charge is -2.06. The van der Waals surface area contributed by atoms with E-state index in [1.165, 1.54) is 0 Å². The van der Waals surface area contributed by atoms with Crippen LogP contribution in [0.5, 0.6) is 0 Å². The largest absolute Gasteiger partial charge is 0.421 e. The predicted molar refractivity (Wildman–Crippen MR) is 76.3 cm³/mol. The first-order chi connectivity index (χ1) is 9.54. The minimum atomic E-state index is -0.0220. The molecule has 0 fully saturated rings. The van der Waals surface area contributed by atoms with E-state index in [1.54, 1.807) is 12.1 Å². The molecule has 0 atom stereocenters. The van der Waals surface area contributed by atoms with E-state index in [0.717, 1.165) is 5.56 Å². The third kappa shape index (κ3) is 4.06. The van der Waals surface area contributed by atoms with Gasteiger partial charge in [-0.2, -0.15) is 0 Å². The van der Waals surface area contributed by atoms with Crippen LogP contribution >= 0.6 is 11.6 Å². The minimum Gasteiger partial charge on any atom is -0.421 e. The second kappa shape index (κ2) is 6.52. The summed E-state index contributed by atoms with van der Waals surface area (Å²) in [6.07, 6.45) is 0.763. The maximum absolute atomic E-state index is 11.5. The number of hydrogen-bond acceptors (Lipinski definition) is 4. The molecule has 1 amide bonds. The molecule has 2 rings (SSSR count). The Kier molecular flexibility index (Phi) is 4.74. The summed E-state index contributed by atoms with van der Waals surface area (Å²) in [4.78, 5) is 11.5. The van der Waals surface area contributed by atoms with Crippen molar-refractivity contribution in [3.63, 3.8) is 0 Å². The zero-order chi connectivity index (χ0) is 14.5. The van der Waals surface area contributed by atoms with Crippen molar-refractivity contribution in [3.8, 4) is 11.5 Å². The zero-order valence-electron chi connectivity index (χ0n) is 11.4. The zero-order valence-corrected chi connectivity index (χ0v) is 12.1. The van der Waals surface area contributed by atoms with Crippen LogP contribution in [0.25, 0.3) is 11.5 Å². The smallest absolute Gasteiger partial charge is 0.247 e. The van der Waals surface area contributed by atoms with Crippen molar-refractivity contribution >= 4 is 17.5 Å². The van der Waals surface area contributed by atoms with Crippen molar-refractivity contribution < 1.29 is 9.21 Å². The first-order valence-corrected chi connectivity index (χ1v) is 6.80. The molecule has 1 aromatic carbocycles. The molecular formula is C14H16ClN3O2. The van der Waals surface area contributed by atoms with Crippen molar-refractivity contribution in [1.29, 1.82) is 0 Å². The van der Waals surface area contributed by atoms with Gasteiger partial charge in [0.15, 0.2) is 0 Å². The minimum absolute atomic E-state index is 0.0220. The van der Waals surface area contributed by atoms with Crippen molar-refractivity contribution in [2.75, 3.05) is 0 Å². The van der Waals surface area contributed by atoms with Gasteiger partial charge in [-0.05, 0) is 38.1 Å². The van der Waals surface area contributed by atoms with Crippen LogP contribution in [0.2, 0.25) is 5.02 Å². The summed E-state index contributed by atoms with van der Waals surface area (Å²) in [7, 11) is 0. The number of amides is 1. The van der Waals surface area contributed by atoms with E-state index < -0.39 is 0 Å². The monoisotopic (exact) mass is 293 g/mol. The fourth-order valence-electron chi connectivity index (χ4n) is 1.68. The van der Waals surface area contributed by atoms with Gasteiger partial charge >= 0.3 is 0 Å². The summed E-state index contributed by atoms with van der Waals surface area (Å²) in [6.45, 7) is 3.84. The summed E-state index contributed by atoms with van der Waals surface area (Å²) in [5.41, 5.74) is 0.805. The van der Waals surface area contributed by atoms with Gasteiger partial charge in [0.25, 0.3) is 0 Å². The van der Waals surface area contributed by atoms with E-state index in [4.69, 9.17) is 16.0 Å². The van der Waals surface area contributed by atoms with Gasteiger partial charge in [0.2, 0.25) is 17.7 Å². The average Bonchev–Trinajstić information content (AvgIpc) is 2.85.